The van der Waals surface area contributed by atoms with Crippen LogP contribution in [0.1, 0.15) is 46.5 Å². The van der Waals surface area contributed by atoms with Crippen molar-refractivity contribution in [2.24, 2.45) is 5.92 Å². The van der Waals surface area contributed by atoms with Gasteiger partial charge in [-0.2, -0.15) is 0 Å². The maximum Gasteiger partial charge on any atom is 0.323 e. The van der Waals surface area contributed by atoms with Gasteiger partial charge in [0.25, 0.3) is 0 Å². The molecule has 0 aromatic heterocycles. The van der Waals surface area contributed by atoms with Crippen LogP contribution < -0.4 is 5.32 Å². The lowest BCUT2D eigenvalue weighted by Crippen LogP contribution is -2.54. The number of carbonyl (C=O) groups is 2. The van der Waals surface area contributed by atoms with Gasteiger partial charge in [0.1, 0.15) is 6.04 Å². The topological polar surface area (TPSA) is 58.6 Å². The predicted octanol–water partition coefficient (Wildman–Crippen LogP) is 1.56. The molecular weight excluding hydrogens is 256 g/mol. The molecule has 0 aromatic carbocycles. The Bertz CT molecular complexity index is 331. The van der Waals surface area contributed by atoms with E-state index in [1.807, 2.05) is 11.8 Å². The molecule has 0 saturated carbocycles. The van der Waals surface area contributed by atoms with Crippen LogP contribution in [0.25, 0.3) is 0 Å². The highest BCUT2D eigenvalue weighted by atomic mass is 16.5. The molecule has 20 heavy (non-hydrogen) atoms. The average Bonchev–Trinajstić information content (AvgIpc) is 2.45. The Balaban J connectivity index is 2.55. The number of carbonyl (C=O) groups excluding carboxylic acids is 2. The highest BCUT2D eigenvalue weighted by Crippen LogP contribution is 2.20. The van der Waals surface area contributed by atoms with Gasteiger partial charge < -0.3 is 10.1 Å². The number of likely N-dealkylation sites (tertiary alicyclic amines) is 1. The van der Waals surface area contributed by atoms with Crippen LogP contribution in [0, 0.1) is 5.92 Å². The first-order valence-corrected chi connectivity index (χ1v) is 7.58. The van der Waals surface area contributed by atoms with Crippen molar-refractivity contribution in [3.05, 3.63) is 0 Å². The van der Waals surface area contributed by atoms with Crippen LogP contribution in [0.5, 0.6) is 0 Å². The summed E-state index contributed by atoms with van der Waals surface area (Å²) >= 11 is 0. The number of amides is 1. The first-order chi connectivity index (χ1) is 9.47. The van der Waals surface area contributed by atoms with Crippen molar-refractivity contribution in [3.8, 4) is 0 Å². The first kappa shape index (κ1) is 17.0. The fraction of sp³-hybridized carbons (Fsp3) is 0.867. The van der Waals surface area contributed by atoms with E-state index in [1.165, 1.54) is 7.11 Å². The van der Waals surface area contributed by atoms with Gasteiger partial charge in [-0.05, 0) is 38.6 Å². The fourth-order valence-corrected chi connectivity index (χ4v) is 2.59. The van der Waals surface area contributed by atoms with Gasteiger partial charge in [-0.25, -0.2) is 0 Å². The molecule has 1 fully saturated rings. The minimum Gasteiger partial charge on any atom is -0.468 e. The minimum absolute atomic E-state index is 0.00135. The lowest BCUT2D eigenvalue weighted by molar-refractivity contribution is -0.150. The zero-order chi connectivity index (χ0) is 15.1. The summed E-state index contributed by atoms with van der Waals surface area (Å²) in [6, 6.07) is -0.564. The predicted molar refractivity (Wildman–Crippen MR) is 78.3 cm³/mol. The molecule has 0 aromatic rings. The van der Waals surface area contributed by atoms with Crippen molar-refractivity contribution >= 4 is 11.9 Å². The SMILES string of the molecule is COC(=O)C1CCCCN1C(C)C(=O)NCCC(C)C. The smallest absolute Gasteiger partial charge is 0.323 e. The van der Waals surface area contributed by atoms with Crippen LogP contribution in [0.15, 0.2) is 0 Å². The quantitative estimate of drug-likeness (QED) is 0.752. The molecule has 1 heterocycles. The molecule has 1 aliphatic heterocycles. The Morgan fingerprint density at radius 3 is 2.60 bits per heavy atom. The average molecular weight is 284 g/mol. The van der Waals surface area contributed by atoms with Crippen LogP contribution in [-0.4, -0.2) is 49.1 Å². The molecule has 116 valence electrons. The number of ether oxygens (including phenoxy) is 1. The van der Waals surface area contributed by atoms with E-state index >= 15 is 0 Å². The van der Waals surface area contributed by atoms with Gasteiger partial charge in [-0.1, -0.05) is 20.3 Å². The van der Waals surface area contributed by atoms with Crippen LogP contribution in [0.2, 0.25) is 0 Å². The van der Waals surface area contributed by atoms with E-state index in [1.54, 1.807) is 0 Å². The molecule has 5 heteroatoms. The van der Waals surface area contributed by atoms with Gasteiger partial charge in [-0.15, -0.1) is 0 Å². The van der Waals surface area contributed by atoms with E-state index in [-0.39, 0.29) is 24.0 Å². The minimum atomic E-state index is -0.286. The van der Waals surface area contributed by atoms with E-state index in [9.17, 15) is 9.59 Å². The third-order valence-electron chi connectivity index (χ3n) is 3.92. The lowest BCUT2D eigenvalue weighted by Gasteiger charge is -2.37. The van der Waals surface area contributed by atoms with Crippen molar-refractivity contribution in [2.45, 2.75) is 58.5 Å². The Morgan fingerprint density at radius 1 is 1.30 bits per heavy atom. The number of piperidine rings is 1. The molecule has 0 spiro atoms. The molecule has 0 radical (unpaired) electrons. The van der Waals surface area contributed by atoms with E-state index in [2.05, 4.69) is 19.2 Å². The van der Waals surface area contributed by atoms with Gasteiger partial charge in [0.05, 0.1) is 13.2 Å². The van der Waals surface area contributed by atoms with E-state index in [0.717, 1.165) is 32.2 Å². The standard InChI is InChI=1S/C15H28N2O3/c1-11(2)8-9-16-14(18)12(3)17-10-6-5-7-13(17)15(19)20-4/h11-13H,5-10H2,1-4H3,(H,16,18). The normalized spacial score (nSPS) is 21.6. The monoisotopic (exact) mass is 284 g/mol. The maximum absolute atomic E-state index is 12.2. The first-order valence-electron chi connectivity index (χ1n) is 7.58. The molecule has 1 saturated heterocycles. The van der Waals surface area contributed by atoms with Crippen LogP contribution in [0.4, 0.5) is 0 Å². The fourth-order valence-electron chi connectivity index (χ4n) is 2.59. The number of hydrogen-bond donors (Lipinski definition) is 1. The van der Waals surface area contributed by atoms with Crippen LogP contribution in [-0.2, 0) is 14.3 Å². The number of nitrogens with zero attached hydrogens (tertiary/aromatic N) is 1. The zero-order valence-corrected chi connectivity index (χ0v) is 13.1. The molecule has 1 N–H and O–H groups in total. The number of hydrogen-bond acceptors (Lipinski definition) is 4. The third-order valence-corrected chi connectivity index (χ3v) is 3.92. The van der Waals surface area contributed by atoms with E-state index in [0.29, 0.717) is 12.5 Å². The summed E-state index contributed by atoms with van der Waals surface area (Å²) in [5, 5.41) is 2.96. The second-order valence-electron chi connectivity index (χ2n) is 5.92. The Labute approximate surface area is 122 Å². The van der Waals surface area contributed by atoms with Crippen LogP contribution >= 0.6 is 0 Å². The third kappa shape index (κ3) is 4.78. The van der Waals surface area contributed by atoms with Gasteiger partial charge >= 0.3 is 5.97 Å². The van der Waals surface area contributed by atoms with E-state index < -0.39 is 0 Å². The summed E-state index contributed by atoms with van der Waals surface area (Å²) < 4.78 is 4.85. The molecule has 1 rings (SSSR count). The number of methoxy groups -OCH3 is 1. The van der Waals surface area contributed by atoms with Gasteiger partial charge in [0, 0.05) is 6.54 Å². The molecule has 0 aliphatic carbocycles. The molecule has 5 nitrogen and oxygen atoms in total. The molecular formula is C15H28N2O3. The van der Waals surface area contributed by atoms with Crippen molar-refractivity contribution in [3.63, 3.8) is 0 Å². The second-order valence-corrected chi connectivity index (χ2v) is 5.92. The Hall–Kier alpha value is -1.10. The Morgan fingerprint density at radius 2 is 2.00 bits per heavy atom. The maximum atomic E-state index is 12.2. The molecule has 0 bridgehead atoms. The molecule has 1 aliphatic rings. The summed E-state index contributed by atoms with van der Waals surface area (Å²) in [5.41, 5.74) is 0. The van der Waals surface area contributed by atoms with Crippen molar-refractivity contribution < 1.29 is 14.3 Å². The van der Waals surface area contributed by atoms with Gasteiger partial charge in [0.2, 0.25) is 5.91 Å². The summed E-state index contributed by atoms with van der Waals surface area (Å²) in [7, 11) is 1.41. The molecule has 2 atom stereocenters. The van der Waals surface area contributed by atoms with Crippen LogP contribution in [0.3, 0.4) is 0 Å². The highest BCUT2D eigenvalue weighted by Gasteiger charge is 2.35. The number of nitrogens with one attached hydrogen (secondary N) is 1. The van der Waals surface area contributed by atoms with Crippen molar-refractivity contribution in [2.75, 3.05) is 20.2 Å². The summed E-state index contributed by atoms with van der Waals surface area (Å²) in [4.78, 5) is 26.0. The van der Waals surface area contributed by atoms with Crippen molar-refractivity contribution in [1.82, 2.24) is 10.2 Å². The highest BCUT2D eigenvalue weighted by molar-refractivity contribution is 5.83. The lowest BCUT2D eigenvalue weighted by atomic mass is 10.00. The van der Waals surface area contributed by atoms with E-state index in [4.69, 9.17) is 4.74 Å². The summed E-state index contributed by atoms with van der Waals surface area (Å²) in [6.45, 7) is 7.60. The molecule has 1 amide bonds. The zero-order valence-electron chi connectivity index (χ0n) is 13.1. The summed E-state index contributed by atoms with van der Waals surface area (Å²) in [6.07, 6.45) is 3.78. The number of esters is 1. The second kappa shape index (κ2) is 8.25. The largest absolute Gasteiger partial charge is 0.468 e. The Kier molecular flexibility index (Phi) is 6.99. The van der Waals surface area contributed by atoms with Crippen molar-refractivity contribution in [1.29, 1.82) is 0 Å². The van der Waals surface area contributed by atoms with Gasteiger partial charge in [0.15, 0.2) is 0 Å². The number of rotatable bonds is 6. The molecule has 2 unspecified atom stereocenters. The summed E-state index contributed by atoms with van der Waals surface area (Å²) in [5.74, 6) is 0.344. The van der Waals surface area contributed by atoms with Gasteiger partial charge in [-0.3, -0.25) is 14.5 Å².